The van der Waals surface area contributed by atoms with Crippen molar-refractivity contribution in [1.82, 2.24) is 5.32 Å². The zero-order valence-electron chi connectivity index (χ0n) is 12.0. The first-order chi connectivity index (χ1) is 8.57. The van der Waals surface area contributed by atoms with Gasteiger partial charge in [-0.1, -0.05) is 33.1 Å². The molecule has 1 aliphatic carbocycles. The Morgan fingerprint density at radius 2 is 2.00 bits per heavy atom. The normalized spacial score (nSPS) is 24.3. The molecule has 0 aromatic heterocycles. The summed E-state index contributed by atoms with van der Waals surface area (Å²) >= 11 is 0. The summed E-state index contributed by atoms with van der Waals surface area (Å²) in [6, 6.07) is 0.594. The number of hydrogen-bond donors (Lipinski definition) is 1. The number of nitrogens with one attached hydrogen (secondary N) is 1. The first kappa shape index (κ1) is 15.9. The Balaban J connectivity index is 2.14. The van der Waals surface area contributed by atoms with Crippen LogP contribution in [0.15, 0.2) is 0 Å². The van der Waals surface area contributed by atoms with E-state index in [0.717, 1.165) is 38.6 Å². The third-order valence-electron chi connectivity index (χ3n) is 3.99. The second-order valence-corrected chi connectivity index (χ2v) is 5.84. The summed E-state index contributed by atoms with van der Waals surface area (Å²) in [6.07, 6.45) is 7.78. The van der Waals surface area contributed by atoms with Gasteiger partial charge in [0.25, 0.3) is 0 Å². The van der Waals surface area contributed by atoms with Gasteiger partial charge in [0, 0.05) is 18.9 Å². The maximum atomic E-state index is 13.1. The quantitative estimate of drug-likeness (QED) is 0.631. The summed E-state index contributed by atoms with van der Waals surface area (Å²) < 4.78 is 26.1. The molecular weight excluding hydrogens is 232 g/mol. The lowest BCUT2D eigenvalue weighted by Crippen LogP contribution is -2.29. The van der Waals surface area contributed by atoms with E-state index in [4.69, 9.17) is 0 Å². The Morgan fingerprint density at radius 1 is 1.22 bits per heavy atom. The highest BCUT2D eigenvalue weighted by Crippen LogP contribution is 2.40. The maximum Gasteiger partial charge on any atom is 0.248 e. The smallest absolute Gasteiger partial charge is 0.248 e. The van der Waals surface area contributed by atoms with E-state index < -0.39 is 5.92 Å². The molecule has 0 amide bonds. The van der Waals surface area contributed by atoms with Gasteiger partial charge in [0.2, 0.25) is 5.92 Å². The molecular formula is C15H29F2N. The molecule has 18 heavy (non-hydrogen) atoms. The van der Waals surface area contributed by atoms with Gasteiger partial charge in [0.05, 0.1) is 0 Å². The van der Waals surface area contributed by atoms with Crippen molar-refractivity contribution in [2.24, 2.45) is 5.92 Å². The lowest BCUT2D eigenvalue weighted by Gasteiger charge is -2.18. The van der Waals surface area contributed by atoms with E-state index in [1.807, 2.05) is 0 Å². The van der Waals surface area contributed by atoms with Gasteiger partial charge in [0.1, 0.15) is 0 Å². The summed E-state index contributed by atoms with van der Waals surface area (Å²) in [7, 11) is 0. The molecule has 1 fully saturated rings. The molecule has 1 rings (SSSR count). The van der Waals surface area contributed by atoms with Gasteiger partial charge in [-0.05, 0) is 38.1 Å². The topological polar surface area (TPSA) is 12.0 Å². The fourth-order valence-electron chi connectivity index (χ4n) is 2.99. The summed E-state index contributed by atoms with van der Waals surface area (Å²) in [5.41, 5.74) is 0. The van der Waals surface area contributed by atoms with Gasteiger partial charge in [-0.2, -0.15) is 0 Å². The van der Waals surface area contributed by atoms with Gasteiger partial charge in [0.15, 0.2) is 0 Å². The zero-order chi connectivity index (χ0) is 13.4. The molecule has 0 radical (unpaired) electrons. The van der Waals surface area contributed by atoms with E-state index in [-0.39, 0.29) is 18.8 Å². The zero-order valence-corrected chi connectivity index (χ0v) is 12.0. The average molecular weight is 261 g/mol. The van der Waals surface area contributed by atoms with Crippen LogP contribution < -0.4 is 5.32 Å². The van der Waals surface area contributed by atoms with Crippen LogP contribution in [0, 0.1) is 5.92 Å². The molecule has 0 saturated heterocycles. The van der Waals surface area contributed by atoms with Crippen LogP contribution in [0.2, 0.25) is 0 Å². The van der Waals surface area contributed by atoms with Crippen molar-refractivity contribution in [3.8, 4) is 0 Å². The minimum Gasteiger partial charge on any atom is -0.314 e. The highest BCUT2D eigenvalue weighted by molar-refractivity contribution is 4.81. The fourth-order valence-corrected chi connectivity index (χ4v) is 2.99. The number of rotatable bonds is 9. The van der Waals surface area contributed by atoms with Crippen molar-refractivity contribution in [2.45, 2.75) is 83.6 Å². The summed E-state index contributed by atoms with van der Waals surface area (Å²) in [6.45, 7) is 5.46. The molecule has 0 bridgehead atoms. The van der Waals surface area contributed by atoms with E-state index in [2.05, 4.69) is 19.2 Å². The Kier molecular flexibility index (Phi) is 7.13. The van der Waals surface area contributed by atoms with Crippen LogP contribution in [0.1, 0.15) is 71.6 Å². The minimum atomic E-state index is -2.37. The Bertz CT molecular complexity index is 219. The second kappa shape index (κ2) is 8.08. The third kappa shape index (κ3) is 6.12. The van der Waals surface area contributed by atoms with Gasteiger partial charge < -0.3 is 5.32 Å². The standard InChI is InChI=1S/C15H29F2N/c1-3-6-14(18-11-4-2)8-5-7-13-9-10-15(16,17)12-13/h13-14,18H,3-12H2,1-2H3. The van der Waals surface area contributed by atoms with Gasteiger partial charge in [-0.25, -0.2) is 8.78 Å². The predicted octanol–water partition coefficient (Wildman–Crippen LogP) is 4.76. The number of alkyl halides is 2. The van der Waals surface area contributed by atoms with Crippen LogP contribution >= 0.6 is 0 Å². The van der Waals surface area contributed by atoms with Crippen LogP contribution in [0.3, 0.4) is 0 Å². The summed E-state index contributed by atoms with van der Waals surface area (Å²) in [5.74, 6) is -2.10. The molecule has 1 N–H and O–H groups in total. The van der Waals surface area contributed by atoms with Crippen LogP contribution in [-0.4, -0.2) is 18.5 Å². The average Bonchev–Trinajstić information content (AvgIpc) is 2.66. The summed E-state index contributed by atoms with van der Waals surface area (Å²) in [5, 5.41) is 3.56. The first-order valence-electron chi connectivity index (χ1n) is 7.68. The van der Waals surface area contributed by atoms with Crippen LogP contribution in [0.25, 0.3) is 0 Å². The minimum absolute atomic E-state index is 0.115. The highest BCUT2D eigenvalue weighted by atomic mass is 19.3. The van der Waals surface area contributed by atoms with Crippen molar-refractivity contribution in [2.75, 3.05) is 6.54 Å². The molecule has 2 atom stereocenters. The SMILES string of the molecule is CCCNC(CCC)CCCC1CCC(F)(F)C1. The highest BCUT2D eigenvalue weighted by Gasteiger charge is 2.38. The molecule has 0 aromatic carbocycles. The second-order valence-electron chi connectivity index (χ2n) is 5.84. The molecule has 2 unspecified atom stereocenters. The first-order valence-corrected chi connectivity index (χ1v) is 7.68. The van der Waals surface area contributed by atoms with Crippen molar-refractivity contribution < 1.29 is 8.78 Å². The lowest BCUT2D eigenvalue weighted by molar-refractivity contribution is 0.00460. The Morgan fingerprint density at radius 3 is 2.56 bits per heavy atom. The van der Waals surface area contributed by atoms with Crippen molar-refractivity contribution in [3.63, 3.8) is 0 Å². The van der Waals surface area contributed by atoms with Gasteiger partial charge in [-0.15, -0.1) is 0 Å². The van der Waals surface area contributed by atoms with E-state index >= 15 is 0 Å². The molecule has 1 nitrogen and oxygen atoms in total. The Labute approximate surface area is 111 Å². The molecule has 1 aliphatic rings. The van der Waals surface area contributed by atoms with E-state index in [1.165, 1.54) is 12.8 Å². The maximum absolute atomic E-state index is 13.1. The van der Waals surface area contributed by atoms with E-state index in [9.17, 15) is 8.78 Å². The molecule has 3 heteroatoms. The largest absolute Gasteiger partial charge is 0.314 e. The van der Waals surface area contributed by atoms with Gasteiger partial charge >= 0.3 is 0 Å². The molecule has 0 spiro atoms. The Hall–Kier alpha value is -0.180. The predicted molar refractivity (Wildman–Crippen MR) is 73.1 cm³/mol. The summed E-state index contributed by atoms with van der Waals surface area (Å²) in [4.78, 5) is 0. The van der Waals surface area contributed by atoms with Crippen LogP contribution in [-0.2, 0) is 0 Å². The van der Waals surface area contributed by atoms with Crippen LogP contribution in [0.4, 0.5) is 8.78 Å². The van der Waals surface area contributed by atoms with E-state index in [1.54, 1.807) is 0 Å². The molecule has 0 aliphatic heterocycles. The molecule has 108 valence electrons. The molecule has 1 saturated carbocycles. The fraction of sp³-hybridized carbons (Fsp3) is 1.00. The monoisotopic (exact) mass is 261 g/mol. The molecule has 0 aromatic rings. The van der Waals surface area contributed by atoms with Crippen molar-refractivity contribution >= 4 is 0 Å². The van der Waals surface area contributed by atoms with Crippen LogP contribution in [0.5, 0.6) is 0 Å². The lowest BCUT2D eigenvalue weighted by atomic mass is 9.97. The van der Waals surface area contributed by atoms with E-state index in [0.29, 0.717) is 6.04 Å². The number of hydrogen-bond acceptors (Lipinski definition) is 1. The molecule has 0 heterocycles. The van der Waals surface area contributed by atoms with Gasteiger partial charge in [-0.3, -0.25) is 0 Å². The van der Waals surface area contributed by atoms with Crippen molar-refractivity contribution in [1.29, 1.82) is 0 Å². The van der Waals surface area contributed by atoms with Crippen molar-refractivity contribution in [3.05, 3.63) is 0 Å². The number of halogens is 2. The third-order valence-corrected chi connectivity index (χ3v) is 3.99.